The van der Waals surface area contributed by atoms with E-state index in [9.17, 15) is 9.90 Å². The molecule has 96 valence electrons. The highest BCUT2D eigenvalue weighted by Crippen LogP contribution is 2.25. The van der Waals surface area contributed by atoms with Crippen molar-refractivity contribution in [3.63, 3.8) is 0 Å². The largest absolute Gasteiger partial charge is 0.478 e. The van der Waals surface area contributed by atoms with E-state index in [0.29, 0.717) is 22.2 Å². The highest BCUT2D eigenvalue weighted by atomic mass is 16.4. The normalized spacial score (nSPS) is 11.4. The Bertz CT molecular complexity index is 988. The summed E-state index contributed by atoms with van der Waals surface area (Å²) >= 11 is 0. The van der Waals surface area contributed by atoms with Crippen molar-refractivity contribution in [3.05, 3.63) is 48.0 Å². The van der Waals surface area contributed by atoms with Crippen LogP contribution in [0.25, 0.3) is 33.1 Å². The van der Waals surface area contributed by atoms with Crippen LogP contribution in [-0.4, -0.2) is 26.0 Å². The van der Waals surface area contributed by atoms with Gasteiger partial charge in [0.05, 0.1) is 11.1 Å². The number of para-hydroxylation sites is 2. The fourth-order valence-electron chi connectivity index (χ4n) is 2.45. The molecule has 20 heavy (non-hydrogen) atoms. The van der Waals surface area contributed by atoms with Crippen molar-refractivity contribution in [2.24, 2.45) is 0 Å². The second-order valence-corrected chi connectivity index (χ2v) is 4.57. The highest BCUT2D eigenvalue weighted by molar-refractivity contribution is 6.08. The molecule has 4 aromatic rings. The van der Waals surface area contributed by atoms with Gasteiger partial charge in [-0.1, -0.05) is 24.3 Å². The average Bonchev–Trinajstić information content (AvgIpc) is 2.81. The number of nitrogens with zero attached hydrogens (tertiary/aromatic N) is 2. The molecule has 0 amide bonds. The maximum absolute atomic E-state index is 11.3. The number of aromatic nitrogens is 3. The van der Waals surface area contributed by atoms with Gasteiger partial charge in [0.25, 0.3) is 0 Å². The van der Waals surface area contributed by atoms with Crippen LogP contribution in [0.3, 0.4) is 0 Å². The van der Waals surface area contributed by atoms with Gasteiger partial charge in [-0.15, -0.1) is 0 Å². The van der Waals surface area contributed by atoms with Crippen molar-refractivity contribution >= 4 is 39.1 Å². The summed E-state index contributed by atoms with van der Waals surface area (Å²) < 4.78 is 0. The molecular formula is C15H9N3O2. The van der Waals surface area contributed by atoms with Crippen molar-refractivity contribution < 1.29 is 9.90 Å². The Hall–Kier alpha value is -2.95. The molecule has 0 radical (unpaired) electrons. The third kappa shape index (κ3) is 1.40. The predicted molar refractivity (Wildman–Crippen MR) is 75.9 cm³/mol. The summed E-state index contributed by atoms with van der Waals surface area (Å²) in [5.41, 5.74) is 3.46. The number of carbonyl (C=O) groups is 1. The van der Waals surface area contributed by atoms with Crippen molar-refractivity contribution in [1.29, 1.82) is 0 Å². The molecule has 2 N–H and O–H groups in total. The monoisotopic (exact) mass is 263 g/mol. The van der Waals surface area contributed by atoms with Gasteiger partial charge in [-0.3, -0.25) is 0 Å². The molecule has 2 aromatic heterocycles. The number of hydrogen-bond acceptors (Lipinski definition) is 3. The number of rotatable bonds is 1. The minimum atomic E-state index is -0.996. The van der Waals surface area contributed by atoms with Crippen LogP contribution in [-0.2, 0) is 0 Å². The van der Waals surface area contributed by atoms with Crippen molar-refractivity contribution in [3.8, 4) is 0 Å². The Morgan fingerprint density at radius 2 is 1.85 bits per heavy atom. The summed E-state index contributed by atoms with van der Waals surface area (Å²) in [5.74, 6) is -0.996. The Labute approximate surface area is 112 Å². The first-order valence-corrected chi connectivity index (χ1v) is 6.14. The number of aromatic amines is 1. The highest BCUT2D eigenvalue weighted by Gasteiger charge is 2.13. The van der Waals surface area contributed by atoms with Gasteiger partial charge in [-0.05, 0) is 18.2 Å². The van der Waals surface area contributed by atoms with Gasteiger partial charge in [-0.2, -0.15) is 0 Å². The SMILES string of the molecule is O=C(O)c1cccc2nc3[nH]c4ccccc4c3nc12. The number of H-pyrrole nitrogens is 1. The van der Waals surface area contributed by atoms with Crippen LogP contribution in [0.15, 0.2) is 42.5 Å². The molecule has 4 rings (SSSR count). The zero-order chi connectivity index (χ0) is 13.7. The van der Waals surface area contributed by atoms with E-state index in [-0.39, 0.29) is 5.56 Å². The zero-order valence-corrected chi connectivity index (χ0v) is 10.3. The molecule has 5 nitrogen and oxygen atoms in total. The number of carboxylic acids is 1. The molecule has 0 saturated carbocycles. The van der Waals surface area contributed by atoms with E-state index in [1.807, 2.05) is 24.3 Å². The first kappa shape index (κ1) is 10.9. The molecular weight excluding hydrogens is 254 g/mol. The Morgan fingerprint density at radius 3 is 2.70 bits per heavy atom. The average molecular weight is 263 g/mol. The van der Waals surface area contributed by atoms with Crippen molar-refractivity contribution in [2.75, 3.05) is 0 Å². The first-order chi connectivity index (χ1) is 9.74. The van der Waals surface area contributed by atoms with Gasteiger partial charge >= 0.3 is 5.97 Å². The Morgan fingerprint density at radius 1 is 1.00 bits per heavy atom. The van der Waals surface area contributed by atoms with E-state index >= 15 is 0 Å². The number of fused-ring (bicyclic) bond motifs is 4. The quantitative estimate of drug-likeness (QED) is 0.553. The molecule has 0 aliphatic heterocycles. The van der Waals surface area contributed by atoms with E-state index < -0.39 is 5.97 Å². The second-order valence-electron chi connectivity index (χ2n) is 4.57. The van der Waals surface area contributed by atoms with Gasteiger partial charge in [0.15, 0.2) is 5.65 Å². The smallest absolute Gasteiger partial charge is 0.337 e. The number of aromatic carboxylic acids is 1. The molecule has 0 unspecified atom stereocenters. The number of hydrogen-bond donors (Lipinski definition) is 2. The summed E-state index contributed by atoms with van der Waals surface area (Å²) in [7, 11) is 0. The second kappa shape index (κ2) is 3.77. The summed E-state index contributed by atoms with van der Waals surface area (Å²) in [6, 6.07) is 12.7. The molecule has 0 aliphatic rings. The van der Waals surface area contributed by atoms with E-state index in [2.05, 4.69) is 15.0 Å². The van der Waals surface area contributed by atoms with Crippen LogP contribution in [0.2, 0.25) is 0 Å². The van der Waals surface area contributed by atoms with Crippen molar-refractivity contribution in [1.82, 2.24) is 15.0 Å². The van der Waals surface area contributed by atoms with Crippen LogP contribution in [0, 0.1) is 0 Å². The third-order valence-corrected chi connectivity index (χ3v) is 3.36. The fourth-order valence-corrected chi connectivity index (χ4v) is 2.45. The predicted octanol–water partition coefficient (Wildman–Crippen LogP) is 2.96. The lowest BCUT2D eigenvalue weighted by Gasteiger charge is -2.01. The van der Waals surface area contributed by atoms with Crippen molar-refractivity contribution in [2.45, 2.75) is 0 Å². The molecule has 0 fully saturated rings. The lowest BCUT2D eigenvalue weighted by Crippen LogP contribution is -1.99. The van der Waals surface area contributed by atoms with E-state index in [0.717, 1.165) is 10.9 Å². The van der Waals surface area contributed by atoms with E-state index in [1.54, 1.807) is 18.2 Å². The number of benzene rings is 2. The number of carboxylic acid groups (broad SMARTS) is 1. The summed E-state index contributed by atoms with van der Waals surface area (Å²) in [5, 5.41) is 10.2. The molecule has 5 heteroatoms. The van der Waals surface area contributed by atoms with Crippen LogP contribution < -0.4 is 0 Å². The minimum absolute atomic E-state index is 0.169. The third-order valence-electron chi connectivity index (χ3n) is 3.36. The molecule has 0 atom stereocenters. The molecule has 0 aliphatic carbocycles. The van der Waals surface area contributed by atoms with Gasteiger partial charge in [0.1, 0.15) is 11.0 Å². The zero-order valence-electron chi connectivity index (χ0n) is 10.3. The van der Waals surface area contributed by atoms with E-state index in [4.69, 9.17) is 0 Å². The molecule has 2 heterocycles. The lowest BCUT2D eigenvalue weighted by molar-refractivity contribution is 0.0699. The lowest BCUT2D eigenvalue weighted by atomic mass is 10.1. The van der Waals surface area contributed by atoms with Crippen LogP contribution in [0.5, 0.6) is 0 Å². The summed E-state index contributed by atoms with van der Waals surface area (Å²) in [4.78, 5) is 23.5. The molecule has 0 spiro atoms. The Balaban J connectivity index is 2.22. The van der Waals surface area contributed by atoms with Crippen LogP contribution in [0.1, 0.15) is 10.4 Å². The first-order valence-electron chi connectivity index (χ1n) is 6.14. The maximum atomic E-state index is 11.3. The van der Waals surface area contributed by atoms with Gasteiger partial charge in [-0.25, -0.2) is 14.8 Å². The summed E-state index contributed by atoms with van der Waals surface area (Å²) in [6.45, 7) is 0. The van der Waals surface area contributed by atoms with Crippen LogP contribution in [0.4, 0.5) is 0 Å². The van der Waals surface area contributed by atoms with Gasteiger partial charge in [0, 0.05) is 10.9 Å². The maximum Gasteiger partial charge on any atom is 0.337 e. The van der Waals surface area contributed by atoms with Gasteiger partial charge in [0.2, 0.25) is 0 Å². The number of nitrogens with one attached hydrogen (secondary N) is 1. The molecule has 0 saturated heterocycles. The minimum Gasteiger partial charge on any atom is -0.478 e. The molecule has 2 aromatic carbocycles. The van der Waals surface area contributed by atoms with Gasteiger partial charge < -0.3 is 10.1 Å². The standard InChI is InChI=1S/C15H9N3O2/c19-15(20)9-5-3-7-11-12(9)18-13-8-4-1-2-6-10(8)16-14(13)17-11/h1-7H,(H,16,17)(H,19,20). The van der Waals surface area contributed by atoms with E-state index in [1.165, 1.54) is 0 Å². The summed E-state index contributed by atoms with van der Waals surface area (Å²) in [6.07, 6.45) is 0. The molecule has 0 bridgehead atoms. The topological polar surface area (TPSA) is 78.9 Å². The Kier molecular flexibility index (Phi) is 2.06. The fraction of sp³-hybridized carbons (Fsp3) is 0. The van der Waals surface area contributed by atoms with Crippen LogP contribution >= 0.6 is 0 Å².